The first-order valence-electron chi connectivity index (χ1n) is 8.73. The van der Waals surface area contributed by atoms with Crippen LogP contribution in [0.1, 0.15) is 31.1 Å². The molecule has 8 heteroatoms. The summed E-state index contributed by atoms with van der Waals surface area (Å²) in [5, 5.41) is 3.28. The molecule has 0 spiro atoms. The lowest BCUT2D eigenvalue weighted by atomic mass is 10.0. The number of morpholine rings is 1. The molecule has 7 nitrogen and oxygen atoms in total. The van der Waals surface area contributed by atoms with Gasteiger partial charge in [0.15, 0.2) is 5.96 Å². The normalized spacial score (nSPS) is 19.5. The summed E-state index contributed by atoms with van der Waals surface area (Å²) in [5.41, 5.74) is 1.78. The molecule has 0 aromatic heterocycles. The molecule has 0 amide bonds. The highest BCUT2D eigenvalue weighted by Crippen LogP contribution is 2.25. The first kappa shape index (κ1) is 20.7. The van der Waals surface area contributed by atoms with Crippen molar-refractivity contribution in [3.63, 3.8) is 0 Å². The minimum Gasteiger partial charge on any atom is -0.370 e. The molecule has 0 bridgehead atoms. The Balaban J connectivity index is 2.02. The summed E-state index contributed by atoms with van der Waals surface area (Å²) in [4.78, 5) is 6.51. The van der Waals surface area contributed by atoms with E-state index in [9.17, 15) is 8.42 Å². The van der Waals surface area contributed by atoms with Gasteiger partial charge in [0.05, 0.1) is 19.4 Å². The molecule has 0 radical (unpaired) electrons. The molecule has 1 aromatic carbocycles. The third-order valence-electron chi connectivity index (χ3n) is 4.26. The molecular weight excluding hydrogens is 352 g/mol. The van der Waals surface area contributed by atoms with E-state index < -0.39 is 15.6 Å². The van der Waals surface area contributed by atoms with Crippen LogP contribution >= 0.6 is 0 Å². The van der Waals surface area contributed by atoms with Crippen LogP contribution < -0.4 is 10.0 Å². The van der Waals surface area contributed by atoms with Gasteiger partial charge in [-0.15, -0.1) is 0 Å². The third-order valence-corrected chi connectivity index (χ3v) is 5.19. The van der Waals surface area contributed by atoms with Crippen LogP contribution in [0.3, 0.4) is 0 Å². The van der Waals surface area contributed by atoms with Gasteiger partial charge < -0.3 is 15.0 Å². The number of nitrogens with zero attached hydrogens (tertiary/aromatic N) is 2. The molecule has 1 atom stereocenters. The van der Waals surface area contributed by atoms with Crippen LogP contribution in [0, 0.1) is 6.92 Å². The predicted molar refractivity (Wildman–Crippen MR) is 105 cm³/mol. The molecule has 1 aliphatic rings. The number of aliphatic imine (C=N–C) groups is 1. The van der Waals surface area contributed by atoms with Crippen LogP contribution in [0.4, 0.5) is 0 Å². The van der Waals surface area contributed by atoms with Crippen molar-refractivity contribution in [3.8, 4) is 0 Å². The zero-order chi connectivity index (χ0) is 19.4. The number of guanidine groups is 1. The van der Waals surface area contributed by atoms with Gasteiger partial charge in [0, 0.05) is 25.7 Å². The number of hydrogen-bond acceptors (Lipinski definition) is 4. The summed E-state index contributed by atoms with van der Waals surface area (Å²) in [6.45, 7) is 8.24. The maximum atomic E-state index is 11.5. The molecular formula is C18H30N4O3S. The zero-order valence-electron chi connectivity index (χ0n) is 16.2. The largest absolute Gasteiger partial charge is 0.370 e. The molecule has 2 rings (SSSR count). The van der Waals surface area contributed by atoms with Gasteiger partial charge in [0.25, 0.3) is 0 Å². The highest BCUT2D eigenvalue weighted by molar-refractivity contribution is 7.88. The van der Waals surface area contributed by atoms with Crippen molar-refractivity contribution in [3.05, 3.63) is 35.4 Å². The Bertz CT molecular complexity index is 747. The van der Waals surface area contributed by atoms with Gasteiger partial charge in [-0.2, -0.15) is 0 Å². The highest BCUT2D eigenvalue weighted by atomic mass is 32.2. The van der Waals surface area contributed by atoms with Crippen LogP contribution in [0.2, 0.25) is 0 Å². The van der Waals surface area contributed by atoms with Gasteiger partial charge in [-0.1, -0.05) is 24.3 Å². The first-order valence-corrected chi connectivity index (χ1v) is 10.6. The van der Waals surface area contributed by atoms with E-state index in [-0.39, 0.29) is 6.10 Å². The molecule has 1 aromatic rings. The molecule has 1 unspecified atom stereocenters. The maximum Gasteiger partial charge on any atom is 0.209 e. The number of ether oxygens (including phenoxy) is 1. The average Bonchev–Trinajstić information content (AvgIpc) is 2.54. The number of rotatable bonds is 5. The first-order chi connectivity index (χ1) is 12.1. The van der Waals surface area contributed by atoms with E-state index in [1.54, 1.807) is 7.05 Å². The monoisotopic (exact) mass is 382 g/mol. The van der Waals surface area contributed by atoms with E-state index in [0.717, 1.165) is 12.5 Å². The van der Waals surface area contributed by atoms with Crippen molar-refractivity contribution in [1.82, 2.24) is 14.9 Å². The summed E-state index contributed by atoms with van der Waals surface area (Å²) in [6.07, 6.45) is 1.16. The molecule has 26 heavy (non-hydrogen) atoms. The van der Waals surface area contributed by atoms with Crippen molar-refractivity contribution < 1.29 is 13.2 Å². The molecule has 1 saturated heterocycles. The van der Waals surface area contributed by atoms with Crippen molar-refractivity contribution >= 4 is 16.0 Å². The van der Waals surface area contributed by atoms with Gasteiger partial charge in [-0.3, -0.25) is 4.99 Å². The molecule has 1 heterocycles. The average molecular weight is 383 g/mol. The van der Waals surface area contributed by atoms with Crippen LogP contribution in [0.15, 0.2) is 29.3 Å². The second kappa shape index (κ2) is 8.37. The zero-order valence-corrected chi connectivity index (χ0v) is 17.1. The fourth-order valence-electron chi connectivity index (χ4n) is 3.15. The Morgan fingerprint density at radius 2 is 2.08 bits per heavy atom. The fraction of sp³-hybridized carbons (Fsp3) is 0.611. The Morgan fingerprint density at radius 1 is 1.38 bits per heavy atom. The van der Waals surface area contributed by atoms with Gasteiger partial charge in [-0.05, 0) is 31.9 Å². The number of sulfonamides is 1. The summed E-state index contributed by atoms with van der Waals surface area (Å²) < 4.78 is 31.6. The van der Waals surface area contributed by atoms with Crippen LogP contribution in [0.25, 0.3) is 0 Å². The van der Waals surface area contributed by atoms with Crippen molar-refractivity contribution in [1.29, 1.82) is 0 Å². The topological polar surface area (TPSA) is 83.0 Å². The van der Waals surface area contributed by atoms with E-state index in [1.807, 2.05) is 26.0 Å². The lowest BCUT2D eigenvalue weighted by molar-refractivity contribution is -0.00837. The summed E-state index contributed by atoms with van der Waals surface area (Å²) in [7, 11) is -1.54. The Hall–Kier alpha value is -1.64. The van der Waals surface area contributed by atoms with Gasteiger partial charge in [-0.25, -0.2) is 13.1 Å². The molecule has 1 fully saturated rings. The lowest BCUT2D eigenvalue weighted by Crippen LogP contribution is -2.55. The minimum atomic E-state index is -3.27. The number of benzene rings is 1. The third kappa shape index (κ3) is 5.96. The number of nitrogens with one attached hydrogen (secondary N) is 2. The van der Waals surface area contributed by atoms with Crippen LogP contribution in [-0.2, 0) is 14.8 Å². The smallest absolute Gasteiger partial charge is 0.209 e. The SMILES string of the molecule is CN=C(NCC(C)(C)NS(C)(=O)=O)N1CCOC(c2ccccc2C)C1. The van der Waals surface area contributed by atoms with E-state index in [1.165, 1.54) is 17.4 Å². The van der Waals surface area contributed by atoms with E-state index in [2.05, 4.69) is 39.0 Å². The number of aryl methyl sites for hydroxylation is 1. The molecule has 0 aliphatic carbocycles. The van der Waals surface area contributed by atoms with Crippen molar-refractivity contribution in [2.45, 2.75) is 32.4 Å². The molecule has 2 N–H and O–H groups in total. The van der Waals surface area contributed by atoms with Crippen LogP contribution in [0.5, 0.6) is 0 Å². The van der Waals surface area contributed by atoms with Crippen molar-refractivity contribution in [2.24, 2.45) is 4.99 Å². The van der Waals surface area contributed by atoms with Gasteiger partial charge >= 0.3 is 0 Å². The molecule has 146 valence electrons. The summed E-state index contributed by atoms with van der Waals surface area (Å²) >= 11 is 0. The Morgan fingerprint density at radius 3 is 2.69 bits per heavy atom. The molecule has 0 saturated carbocycles. The fourth-order valence-corrected chi connectivity index (χ4v) is 4.22. The number of hydrogen-bond donors (Lipinski definition) is 2. The van der Waals surface area contributed by atoms with Gasteiger partial charge in [0.1, 0.15) is 6.10 Å². The van der Waals surface area contributed by atoms with E-state index in [0.29, 0.717) is 19.7 Å². The second-order valence-electron chi connectivity index (χ2n) is 7.32. The summed E-state index contributed by atoms with van der Waals surface area (Å²) in [5.74, 6) is 0.746. The standard InChI is InChI=1S/C18H30N4O3S/c1-14-8-6-7-9-15(14)16-12-22(10-11-25-16)17(19-4)20-13-18(2,3)21-26(5,23)24/h6-9,16,21H,10-13H2,1-5H3,(H,19,20). The predicted octanol–water partition coefficient (Wildman–Crippen LogP) is 1.27. The maximum absolute atomic E-state index is 11.5. The highest BCUT2D eigenvalue weighted by Gasteiger charge is 2.27. The Labute approximate surface area is 156 Å². The lowest BCUT2D eigenvalue weighted by Gasteiger charge is -2.37. The minimum absolute atomic E-state index is 0.00865. The van der Waals surface area contributed by atoms with Crippen molar-refractivity contribution in [2.75, 3.05) is 39.5 Å². The van der Waals surface area contributed by atoms with E-state index in [4.69, 9.17) is 4.74 Å². The van der Waals surface area contributed by atoms with Gasteiger partial charge in [0.2, 0.25) is 10.0 Å². The van der Waals surface area contributed by atoms with Crippen LogP contribution in [-0.4, -0.2) is 64.4 Å². The summed E-state index contributed by atoms with van der Waals surface area (Å²) in [6, 6.07) is 8.23. The molecule has 1 aliphatic heterocycles. The Kier molecular flexibility index (Phi) is 6.65. The quantitative estimate of drug-likeness (QED) is 0.592. The second-order valence-corrected chi connectivity index (χ2v) is 9.07. The van der Waals surface area contributed by atoms with E-state index >= 15 is 0 Å².